The van der Waals surface area contributed by atoms with Crippen molar-refractivity contribution in [3.05, 3.63) is 28.3 Å². The first-order chi connectivity index (χ1) is 7.97. The van der Waals surface area contributed by atoms with Gasteiger partial charge in [-0.25, -0.2) is 13.8 Å². The maximum absolute atomic E-state index is 12.9. The number of pyridine rings is 1. The van der Waals surface area contributed by atoms with E-state index in [-0.39, 0.29) is 12.2 Å². The summed E-state index contributed by atoms with van der Waals surface area (Å²) in [5.74, 6) is -1.88. The molecule has 7 heteroatoms. The maximum atomic E-state index is 12.9. The van der Waals surface area contributed by atoms with Gasteiger partial charge in [-0.05, 0) is 12.5 Å². The SMILES string of the molecule is CCOC(=O)Cc1cnc(F)c(Cl)c1C(F)F. The summed E-state index contributed by atoms with van der Waals surface area (Å²) in [5.41, 5.74) is -0.850. The van der Waals surface area contributed by atoms with Gasteiger partial charge in [0.2, 0.25) is 5.95 Å². The number of hydrogen-bond acceptors (Lipinski definition) is 3. The van der Waals surface area contributed by atoms with Crippen molar-refractivity contribution in [2.45, 2.75) is 19.8 Å². The number of halogens is 4. The Bertz CT molecular complexity index is 426. The molecule has 0 atom stereocenters. The summed E-state index contributed by atoms with van der Waals surface area (Å²) in [5, 5.41) is -0.762. The van der Waals surface area contributed by atoms with Crippen LogP contribution in [0.5, 0.6) is 0 Å². The van der Waals surface area contributed by atoms with Crippen molar-refractivity contribution in [1.82, 2.24) is 4.98 Å². The number of esters is 1. The average Bonchev–Trinajstić information content (AvgIpc) is 2.23. The zero-order valence-corrected chi connectivity index (χ0v) is 9.60. The zero-order chi connectivity index (χ0) is 13.0. The summed E-state index contributed by atoms with van der Waals surface area (Å²) in [6.45, 7) is 1.72. The minimum atomic E-state index is -2.98. The van der Waals surface area contributed by atoms with Crippen molar-refractivity contribution in [3.63, 3.8) is 0 Å². The third kappa shape index (κ3) is 3.33. The molecule has 0 aliphatic rings. The number of alkyl halides is 2. The van der Waals surface area contributed by atoms with Crippen LogP contribution in [0.4, 0.5) is 13.2 Å². The quantitative estimate of drug-likeness (QED) is 0.622. The second kappa shape index (κ2) is 5.86. The van der Waals surface area contributed by atoms with Crippen molar-refractivity contribution in [2.24, 2.45) is 0 Å². The molecule has 0 saturated heterocycles. The Hall–Kier alpha value is -1.30. The van der Waals surface area contributed by atoms with Gasteiger partial charge in [-0.15, -0.1) is 0 Å². The maximum Gasteiger partial charge on any atom is 0.310 e. The van der Waals surface area contributed by atoms with Gasteiger partial charge in [0.15, 0.2) is 0 Å². The van der Waals surface area contributed by atoms with Crippen LogP contribution in [0, 0.1) is 5.95 Å². The first-order valence-electron chi connectivity index (χ1n) is 4.73. The van der Waals surface area contributed by atoms with Crippen molar-refractivity contribution >= 4 is 17.6 Å². The fourth-order valence-electron chi connectivity index (χ4n) is 1.26. The lowest BCUT2D eigenvalue weighted by atomic mass is 10.1. The van der Waals surface area contributed by atoms with E-state index >= 15 is 0 Å². The van der Waals surface area contributed by atoms with Crippen LogP contribution in [0.3, 0.4) is 0 Å². The molecule has 1 rings (SSSR count). The van der Waals surface area contributed by atoms with Crippen LogP contribution in [-0.4, -0.2) is 17.6 Å². The predicted molar refractivity (Wildman–Crippen MR) is 54.5 cm³/mol. The van der Waals surface area contributed by atoms with Gasteiger partial charge >= 0.3 is 5.97 Å². The first-order valence-corrected chi connectivity index (χ1v) is 5.11. The van der Waals surface area contributed by atoms with Crippen LogP contribution in [0.15, 0.2) is 6.20 Å². The van der Waals surface area contributed by atoms with Gasteiger partial charge in [-0.2, -0.15) is 4.39 Å². The number of carbonyl (C=O) groups excluding carboxylic acids is 1. The molecule has 0 N–H and O–H groups in total. The van der Waals surface area contributed by atoms with Gasteiger partial charge in [-0.3, -0.25) is 4.79 Å². The summed E-state index contributed by atoms with van der Waals surface area (Å²) >= 11 is 5.38. The highest BCUT2D eigenvalue weighted by Crippen LogP contribution is 2.31. The smallest absolute Gasteiger partial charge is 0.310 e. The van der Waals surface area contributed by atoms with Crippen LogP contribution in [0.2, 0.25) is 5.02 Å². The number of aromatic nitrogens is 1. The molecule has 1 aromatic heterocycles. The molecule has 94 valence electrons. The average molecular weight is 268 g/mol. The minimum Gasteiger partial charge on any atom is -0.466 e. The van der Waals surface area contributed by atoms with Gasteiger partial charge in [0, 0.05) is 11.8 Å². The third-order valence-electron chi connectivity index (χ3n) is 1.96. The lowest BCUT2D eigenvalue weighted by Crippen LogP contribution is -2.11. The van der Waals surface area contributed by atoms with E-state index < -0.39 is 35.3 Å². The fraction of sp³-hybridized carbons (Fsp3) is 0.400. The lowest BCUT2D eigenvalue weighted by molar-refractivity contribution is -0.142. The van der Waals surface area contributed by atoms with Crippen molar-refractivity contribution in [2.75, 3.05) is 6.61 Å². The molecular formula is C10H9ClF3NO2. The highest BCUT2D eigenvalue weighted by molar-refractivity contribution is 6.31. The number of carbonyl (C=O) groups is 1. The van der Waals surface area contributed by atoms with Crippen LogP contribution in [0.1, 0.15) is 24.5 Å². The molecule has 3 nitrogen and oxygen atoms in total. The van der Waals surface area contributed by atoms with Crippen molar-refractivity contribution in [3.8, 4) is 0 Å². The highest BCUT2D eigenvalue weighted by Gasteiger charge is 2.22. The molecule has 0 spiro atoms. The first kappa shape index (κ1) is 13.8. The monoisotopic (exact) mass is 267 g/mol. The van der Waals surface area contributed by atoms with E-state index in [1.54, 1.807) is 6.92 Å². The Kier molecular flexibility index (Phi) is 4.74. The molecule has 1 heterocycles. The molecule has 0 saturated carbocycles. The molecule has 0 aliphatic carbocycles. The Labute approximate surface area is 101 Å². The van der Waals surface area contributed by atoms with E-state index in [4.69, 9.17) is 11.6 Å². The minimum absolute atomic E-state index is 0.130. The molecule has 0 fully saturated rings. The van der Waals surface area contributed by atoms with Crippen LogP contribution < -0.4 is 0 Å². The molecule has 0 aromatic carbocycles. The topological polar surface area (TPSA) is 39.2 Å². The molecule has 0 aliphatic heterocycles. The zero-order valence-electron chi connectivity index (χ0n) is 8.84. The van der Waals surface area contributed by atoms with E-state index in [1.807, 2.05) is 0 Å². The molecule has 0 radical (unpaired) electrons. The van der Waals surface area contributed by atoms with Gasteiger partial charge in [0.25, 0.3) is 6.43 Å². The Balaban J connectivity index is 3.07. The fourth-order valence-corrected chi connectivity index (χ4v) is 1.51. The Morgan fingerprint density at radius 1 is 1.59 bits per heavy atom. The van der Waals surface area contributed by atoms with Crippen LogP contribution in [-0.2, 0) is 16.0 Å². The van der Waals surface area contributed by atoms with Gasteiger partial charge in [0.05, 0.1) is 13.0 Å². The van der Waals surface area contributed by atoms with E-state index in [0.29, 0.717) is 0 Å². The second-order valence-corrected chi connectivity index (χ2v) is 3.46. The standard InChI is InChI=1S/C10H9ClF3NO2/c1-2-17-6(16)3-5-4-15-10(14)8(11)7(5)9(12)13/h4,9H,2-3H2,1H3. The highest BCUT2D eigenvalue weighted by atomic mass is 35.5. The summed E-state index contributed by atoms with van der Waals surface area (Å²) in [7, 11) is 0. The van der Waals surface area contributed by atoms with Gasteiger partial charge < -0.3 is 4.74 Å². The molecule has 17 heavy (non-hydrogen) atoms. The molecule has 0 unspecified atom stereocenters. The van der Waals surface area contributed by atoms with E-state index in [1.165, 1.54) is 0 Å². The Morgan fingerprint density at radius 3 is 2.76 bits per heavy atom. The number of ether oxygens (including phenoxy) is 1. The lowest BCUT2D eigenvalue weighted by Gasteiger charge is -2.10. The summed E-state index contributed by atoms with van der Waals surface area (Å²) in [6.07, 6.45) is -2.54. The number of hydrogen-bond donors (Lipinski definition) is 0. The number of nitrogens with zero attached hydrogens (tertiary/aromatic N) is 1. The normalized spacial score (nSPS) is 10.7. The van der Waals surface area contributed by atoms with E-state index in [9.17, 15) is 18.0 Å². The molecule has 0 bridgehead atoms. The van der Waals surface area contributed by atoms with Gasteiger partial charge in [0.1, 0.15) is 5.02 Å². The Morgan fingerprint density at radius 2 is 2.24 bits per heavy atom. The summed E-state index contributed by atoms with van der Waals surface area (Å²) < 4.78 is 42.9. The van der Waals surface area contributed by atoms with E-state index in [2.05, 4.69) is 9.72 Å². The predicted octanol–water partition coefficient (Wildman–Crippen LogP) is 2.92. The van der Waals surface area contributed by atoms with Crippen LogP contribution in [0.25, 0.3) is 0 Å². The second-order valence-electron chi connectivity index (χ2n) is 3.08. The van der Waals surface area contributed by atoms with E-state index in [0.717, 1.165) is 6.20 Å². The molecule has 1 aromatic rings. The summed E-state index contributed by atoms with van der Waals surface area (Å²) in [4.78, 5) is 14.3. The molecule has 0 amide bonds. The largest absolute Gasteiger partial charge is 0.466 e. The van der Waals surface area contributed by atoms with Crippen LogP contribution >= 0.6 is 11.6 Å². The van der Waals surface area contributed by atoms with Crippen molar-refractivity contribution < 1.29 is 22.7 Å². The third-order valence-corrected chi connectivity index (χ3v) is 2.32. The summed E-state index contributed by atoms with van der Waals surface area (Å²) in [6, 6.07) is 0. The van der Waals surface area contributed by atoms with Crippen molar-refractivity contribution in [1.29, 1.82) is 0 Å². The molecular weight excluding hydrogens is 259 g/mol. The number of rotatable bonds is 4. The van der Waals surface area contributed by atoms with Gasteiger partial charge in [-0.1, -0.05) is 11.6 Å².